The van der Waals surface area contributed by atoms with Gasteiger partial charge in [0.15, 0.2) is 0 Å². The first-order valence-corrected chi connectivity index (χ1v) is 8.59. The van der Waals surface area contributed by atoms with Gasteiger partial charge in [0.05, 0.1) is 6.42 Å². The number of hydrogen-bond donors (Lipinski definition) is 1. The van der Waals surface area contributed by atoms with Crippen molar-refractivity contribution in [3.8, 4) is 0 Å². The maximum atomic E-state index is 13.7. The van der Waals surface area contributed by atoms with Gasteiger partial charge in [-0.1, -0.05) is 24.3 Å². The van der Waals surface area contributed by atoms with Crippen molar-refractivity contribution in [2.75, 3.05) is 13.1 Å². The van der Waals surface area contributed by atoms with Crippen molar-refractivity contribution in [2.24, 2.45) is 0 Å². The zero-order valence-electron chi connectivity index (χ0n) is 14.1. The highest BCUT2D eigenvalue weighted by molar-refractivity contribution is 5.93. The molecule has 4 rings (SSSR count). The Kier molecular flexibility index (Phi) is 4.29. The Morgan fingerprint density at radius 1 is 1.15 bits per heavy atom. The van der Waals surface area contributed by atoms with E-state index in [1.54, 1.807) is 29.2 Å². The third-order valence-corrected chi connectivity index (χ3v) is 4.85. The molecule has 0 bridgehead atoms. The minimum atomic E-state index is -0.347. The first-order valence-electron chi connectivity index (χ1n) is 8.59. The number of benzene rings is 2. The van der Waals surface area contributed by atoms with Gasteiger partial charge in [0.25, 0.3) is 0 Å². The molecule has 0 saturated carbocycles. The molecule has 3 aromatic rings. The van der Waals surface area contributed by atoms with Gasteiger partial charge < -0.3 is 9.88 Å². The second-order valence-electron chi connectivity index (χ2n) is 6.48. The molecule has 26 heavy (non-hydrogen) atoms. The second kappa shape index (κ2) is 6.75. The van der Waals surface area contributed by atoms with Crippen LogP contribution in [0.2, 0.25) is 0 Å². The third kappa shape index (κ3) is 3.12. The molecule has 0 radical (unpaired) electrons. The monoisotopic (exact) mass is 352 g/mol. The molecule has 5 heteroatoms. The highest BCUT2D eigenvalue weighted by atomic mass is 19.1. The molecule has 1 N–H and O–H groups in total. The molecule has 1 amide bonds. The van der Waals surface area contributed by atoms with E-state index in [0.717, 1.165) is 22.0 Å². The van der Waals surface area contributed by atoms with Crippen LogP contribution in [0.3, 0.4) is 0 Å². The van der Waals surface area contributed by atoms with Crippen molar-refractivity contribution in [2.45, 2.75) is 12.8 Å². The number of amides is 1. The van der Waals surface area contributed by atoms with Crippen LogP contribution < -0.4 is 0 Å². The van der Waals surface area contributed by atoms with E-state index >= 15 is 0 Å². The molecule has 0 spiro atoms. The van der Waals surface area contributed by atoms with E-state index < -0.39 is 0 Å². The van der Waals surface area contributed by atoms with Crippen LogP contribution in [0.15, 0.2) is 54.7 Å². The standard InChI is InChI=1S/C21H18F2N2O/c22-16-5-6-17-18(13-24-20(17)12-16)14-7-9-25(10-8-14)21(26)11-15-3-1-2-4-19(15)23/h1-7,12-13,24H,8-11H2. The van der Waals surface area contributed by atoms with Gasteiger partial charge in [-0.05, 0) is 41.8 Å². The summed E-state index contributed by atoms with van der Waals surface area (Å²) in [4.78, 5) is 17.3. The lowest BCUT2D eigenvalue weighted by Gasteiger charge is -2.26. The summed E-state index contributed by atoms with van der Waals surface area (Å²) in [5.41, 5.74) is 3.36. The molecule has 1 aliphatic rings. The minimum absolute atomic E-state index is 0.0716. The average molecular weight is 352 g/mol. The fourth-order valence-electron chi connectivity index (χ4n) is 3.42. The van der Waals surface area contributed by atoms with Crippen LogP contribution in [0.25, 0.3) is 16.5 Å². The Balaban J connectivity index is 1.49. The smallest absolute Gasteiger partial charge is 0.227 e. The normalized spacial score (nSPS) is 14.5. The predicted octanol–water partition coefficient (Wildman–Crippen LogP) is 4.30. The van der Waals surface area contributed by atoms with Crippen molar-refractivity contribution >= 4 is 22.4 Å². The van der Waals surface area contributed by atoms with Crippen molar-refractivity contribution in [3.63, 3.8) is 0 Å². The molecule has 0 saturated heterocycles. The summed E-state index contributed by atoms with van der Waals surface area (Å²) in [6, 6.07) is 11.1. The summed E-state index contributed by atoms with van der Waals surface area (Å²) < 4.78 is 27.1. The molecule has 1 aliphatic heterocycles. The number of nitrogens with zero attached hydrogens (tertiary/aromatic N) is 1. The van der Waals surface area contributed by atoms with Crippen molar-refractivity contribution in [1.82, 2.24) is 9.88 Å². The summed E-state index contributed by atoms with van der Waals surface area (Å²) in [6.07, 6.45) is 4.69. The van der Waals surface area contributed by atoms with Crippen molar-refractivity contribution in [3.05, 3.63) is 77.5 Å². The Hall–Kier alpha value is -2.95. The van der Waals surface area contributed by atoms with Gasteiger partial charge >= 0.3 is 0 Å². The molecule has 0 unspecified atom stereocenters. The SMILES string of the molecule is O=C(Cc1ccccc1F)N1CC=C(c2c[nH]c3cc(F)ccc23)CC1. The van der Waals surface area contributed by atoms with Crippen LogP contribution in [0.4, 0.5) is 8.78 Å². The van der Waals surface area contributed by atoms with Crippen LogP contribution in [-0.2, 0) is 11.2 Å². The fraction of sp³-hybridized carbons (Fsp3) is 0.190. The van der Waals surface area contributed by atoms with Crippen LogP contribution in [0.1, 0.15) is 17.5 Å². The van der Waals surface area contributed by atoms with E-state index in [-0.39, 0.29) is 24.0 Å². The number of nitrogens with one attached hydrogen (secondary N) is 1. The number of fused-ring (bicyclic) bond motifs is 1. The second-order valence-corrected chi connectivity index (χ2v) is 6.48. The van der Waals surface area contributed by atoms with Crippen LogP contribution in [0, 0.1) is 11.6 Å². The van der Waals surface area contributed by atoms with Crippen LogP contribution in [0.5, 0.6) is 0 Å². The lowest BCUT2D eigenvalue weighted by atomic mass is 9.98. The van der Waals surface area contributed by atoms with E-state index in [2.05, 4.69) is 4.98 Å². The molecule has 0 atom stereocenters. The summed E-state index contributed by atoms with van der Waals surface area (Å²) in [6.45, 7) is 1.09. The van der Waals surface area contributed by atoms with Crippen LogP contribution >= 0.6 is 0 Å². The summed E-state index contributed by atoms with van der Waals surface area (Å²) in [5.74, 6) is -0.694. The Morgan fingerprint density at radius 2 is 2.00 bits per heavy atom. The molecular formula is C21H18F2N2O. The summed E-state index contributed by atoms with van der Waals surface area (Å²) in [5, 5.41) is 0.976. The van der Waals surface area contributed by atoms with Gasteiger partial charge in [-0.15, -0.1) is 0 Å². The summed E-state index contributed by atoms with van der Waals surface area (Å²) in [7, 11) is 0. The molecule has 0 aliphatic carbocycles. The van der Waals surface area contributed by atoms with Gasteiger partial charge in [0.1, 0.15) is 11.6 Å². The van der Waals surface area contributed by atoms with E-state index in [4.69, 9.17) is 0 Å². The van der Waals surface area contributed by atoms with Gasteiger partial charge in [0.2, 0.25) is 5.91 Å². The zero-order valence-corrected chi connectivity index (χ0v) is 14.1. The molecular weight excluding hydrogens is 334 g/mol. The molecule has 1 aromatic heterocycles. The van der Waals surface area contributed by atoms with Gasteiger partial charge in [-0.2, -0.15) is 0 Å². The van der Waals surface area contributed by atoms with E-state index in [0.29, 0.717) is 25.1 Å². The maximum Gasteiger partial charge on any atom is 0.227 e. The average Bonchev–Trinajstić information content (AvgIpc) is 3.06. The number of carbonyl (C=O) groups excluding carboxylic acids is 1. The first kappa shape index (κ1) is 16.5. The topological polar surface area (TPSA) is 36.1 Å². The highest BCUT2D eigenvalue weighted by Crippen LogP contribution is 2.29. The van der Waals surface area contributed by atoms with Crippen molar-refractivity contribution < 1.29 is 13.6 Å². The fourth-order valence-corrected chi connectivity index (χ4v) is 3.42. The molecule has 0 fully saturated rings. The van der Waals surface area contributed by atoms with Gasteiger partial charge in [-0.25, -0.2) is 8.78 Å². The van der Waals surface area contributed by atoms with Gasteiger partial charge in [-0.3, -0.25) is 4.79 Å². The number of aromatic nitrogens is 1. The Bertz CT molecular complexity index is 1010. The number of rotatable bonds is 3. The van der Waals surface area contributed by atoms with Crippen LogP contribution in [-0.4, -0.2) is 28.9 Å². The molecule has 2 aromatic carbocycles. The minimum Gasteiger partial charge on any atom is -0.360 e. The lowest BCUT2D eigenvalue weighted by molar-refractivity contribution is -0.130. The largest absolute Gasteiger partial charge is 0.360 e. The van der Waals surface area contributed by atoms with Crippen molar-refractivity contribution in [1.29, 1.82) is 0 Å². The predicted molar refractivity (Wildman–Crippen MR) is 97.5 cm³/mol. The Labute approximate surface area is 149 Å². The highest BCUT2D eigenvalue weighted by Gasteiger charge is 2.20. The quantitative estimate of drug-likeness (QED) is 0.749. The Morgan fingerprint density at radius 3 is 2.77 bits per heavy atom. The van der Waals surface area contributed by atoms with Gasteiger partial charge in [0, 0.05) is 35.8 Å². The van der Waals surface area contributed by atoms with E-state index in [9.17, 15) is 13.6 Å². The lowest BCUT2D eigenvalue weighted by Crippen LogP contribution is -2.35. The molecule has 3 nitrogen and oxygen atoms in total. The molecule has 2 heterocycles. The maximum absolute atomic E-state index is 13.7. The number of aromatic amines is 1. The third-order valence-electron chi connectivity index (χ3n) is 4.85. The number of hydrogen-bond acceptors (Lipinski definition) is 1. The number of H-pyrrole nitrogens is 1. The number of halogens is 2. The summed E-state index contributed by atoms with van der Waals surface area (Å²) >= 11 is 0. The van der Waals surface area contributed by atoms with E-state index in [1.807, 2.05) is 12.3 Å². The van der Waals surface area contributed by atoms with E-state index in [1.165, 1.54) is 18.2 Å². The number of carbonyl (C=O) groups is 1. The zero-order chi connectivity index (χ0) is 18.1. The molecule has 132 valence electrons. The first-order chi connectivity index (χ1) is 12.6.